The molecular weight excluding hydrogens is 387 g/mol. The predicted octanol–water partition coefficient (Wildman–Crippen LogP) is 2.83. The SMILES string of the molecule is COC[C@H](C)NC(=O)c1c[nH]c2ncc(-c3nc(Cl)n4cc(F)ccc34)nc12. The van der Waals surface area contributed by atoms with E-state index in [1.54, 1.807) is 19.4 Å². The average Bonchev–Trinajstić information content (AvgIpc) is 3.22. The number of H-pyrrole nitrogens is 1. The summed E-state index contributed by atoms with van der Waals surface area (Å²) in [6.45, 7) is 2.23. The molecule has 28 heavy (non-hydrogen) atoms. The number of nitrogens with zero attached hydrogens (tertiary/aromatic N) is 4. The summed E-state index contributed by atoms with van der Waals surface area (Å²) < 4.78 is 20.0. The van der Waals surface area contributed by atoms with Gasteiger partial charge in [-0.25, -0.2) is 19.3 Å². The van der Waals surface area contributed by atoms with E-state index in [1.807, 2.05) is 6.92 Å². The normalized spacial score (nSPS) is 12.6. The largest absolute Gasteiger partial charge is 0.383 e. The van der Waals surface area contributed by atoms with Crippen molar-refractivity contribution >= 4 is 34.2 Å². The van der Waals surface area contributed by atoms with E-state index in [4.69, 9.17) is 16.3 Å². The molecule has 0 aliphatic carbocycles. The van der Waals surface area contributed by atoms with Crippen LogP contribution in [0.1, 0.15) is 17.3 Å². The highest BCUT2D eigenvalue weighted by Crippen LogP contribution is 2.27. The number of hydrogen-bond donors (Lipinski definition) is 2. The van der Waals surface area contributed by atoms with Gasteiger partial charge in [-0.05, 0) is 30.7 Å². The summed E-state index contributed by atoms with van der Waals surface area (Å²) in [4.78, 5) is 28.6. The molecule has 4 rings (SSSR count). The summed E-state index contributed by atoms with van der Waals surface area (Å²) in [7, 11) is 1.57. The lowest BCUT2D eigenvalue weighted by molar-refractivity contribution is 0.0907. The Balaban J connectivity index is 1.77. The molecule has 0 aliphatic rings. The molecule has 144 valence electrons. The van der Waals surface area contributed by atoms with Crippen LogP contribution in [0.3, 0.4) is 0 Å². The van der Waals surface area contributed by atoms with Gasteiger partial charge in [0.25, 0.3) is 5.91 Å². The van der Waals surface area contributed by atoms with Gasteiger partial charge in [0, 0.05) is 25.5 Å². The summed E-state index contributed by atoms with van der Waals surface area (Å²) in [5.74, 6) is -0.730. The van der Waals surface area contributed by atoms with Crippen molar-refractivity contribution in [3.63, 3.8) is 0 Å². The van der Waals surface area contributed by atoms with Crippen LogP contribution in [-0.2, 0) is 4.74 Å². The average molecular weight is 403 g/mol. The van der Waals surface area contributed by atoms with Crippen molar-refractivity contribution in [2.45, 2.75) is 13.0 Å². The molecular formula is C18H16ClFN6O2. The topological polar surface area (TPSA) is 97.2 Å². The van der Waals surface area contributed by atoms with Crippen LogP contribution in [0.5, 0.6) is 0 Å². The Morgan fingerprint density at radius 1 is 1.43 bits per heavy atom. The third-order valence-corrected chi connectivity index (χ3v) is 4.49. The Labute approximate surface area is 163 Å². The van der Waals surface area contributed by atoms with Gasteiger partial charge in [0.15, 0.2) is 5.65 Å². The molecule has 0 saturated heterocycles. The van der Waals surface area contributed by atoms with Crippen molar-refractivity contribution in [1.82, 2.24) is 29.7 Å². The van der Waals surface area contributed by atoms with E-state index in [-0.39, 0.29) is 17.2 Å². The first-order valence-corrected chi connectivity index (χ1v) is 8.83. The molecule has 10 heteroatoms. The second-order valence-corrected chi connectivity index (χ2v) is 6.65. The van der Waals surface area contributed by atoms with Crippen molar-refractivity contribution in [1.29, 1.82) is 0 Å². The number of rotatable bonds is 5. The molecule has 0 bridgehead atoms. The quantitative estimate of drug-likeness (QED) is 0.535. The molecule has 0 unspecified atom stereocenters. The van der Waals surface area contributed by atoms with E-state index >= 15 is 0 Å². The highest BCUT2D eigenvalue weighted by molar-refractivity contribution is 6.29. The van der Waals surface area contributed by atoms with Crippen molar-refractivity contribution in [3.8, 4) is 11.4 Å². The Bertz CT molecular complexity index is 1190. The molecule has 0 aromatic carbocycles. The lowest BCUT2D eigenvalue weighted by atomic mass is 10.2. The zero-order valence-electron chi connectivity index (χ0n) is 15.0. The molecule has 0 saturated carbocycles. The van der Waals surface area contributed by atoms with Crippen LogP contribution < -0.4 is 5.32 Å². The van der Waals surface area contributed by atoms with E-state index in [2.05, 4.69) is 25.3 Å². The van der Waals surface area contributed by atoms with Crippen LogP contribution in [0.4, 0.5) is 4.39 Å². The number of carbonyl (C=O) groups is 1. The zero-order chi connectivity index (χ0) is 19.8. The van der Waals surface area contributed by atoms with Gasteiger partial charge in [-0.1, -0.05) is 0 Å². The van der Waals surface area contributed by atoms with Gasteiger partial charge in [-0.3, -0.25) is 9.20 Å². The maximum Gasteiger partial charge on any atom is 0.255 e. The number of amides is 1. The minimum Gasteiger partial charge on any atom is -0.383 e. The fourth-order valence-corrected chi connectivity index (χ4v) is 3.21. The maximum absolute atomic E-state index is 13.5. The van der Waals surface area contributed by atoms with Crippen LogP contribution in [0.2, 0.25) is 5.28 Å². The van der Waals surface area contributed by atoms with Crippen LogP contribution in [-0.4, -0.2) is 50.0 Å². The molecule has 0 fully saturated rings. The van der Waals surface area contributed by atoms with Gasteiger partial charge < -0.3 is 15.0 Å². The highest BCUT2D eigenvalue weighted by atomic mass is 35.5. The van der Waals surface area contributed by atoms with Crippen molar-refractivity contribution in [2.75, 3.05) is 13.7 Å². The number of imidazole rings is 1. The monoisotopic (exact) mass is 402 g/mol. The maximum atomic E-state index is 13.5. The van der Waals surface area contributed by atoms with Gasteiger partial charge in [0.2, 0.25) is 5.28 Å². The first-order chi connectivity index (χ1) is 13.5. The number of fused-ring (bicyclic) bond motifs is 2. The molecule has 8 nitrogen and oxygen atoms in total. The minimum atomic E-state index is -0.436. The van der Waals surface area contributed by atoms with E-state index < -0.39 is 5.82 Å². The molecule has 4 aromatic rings. The Kier molecular flexibility index (Phi) is 4.70. The summed E-state index contributed by atoms with van der Waals surface area (Å²) in [6.07, 6.45) is 4.32. The number of aromatic nitrogens is 5. The van der Waals surface area contributed by atoms with E-state index in [1.165, 1.54) is 22.9 Å². The van der Waals surface area contributed by atoms with Gasteiger partial charge >= 0.3 is 0 Å². The number of aromatic amines is 1. The van der Waals surface area contributed by atoms with Crippen molar-refractivity contribution in [2.24, 2.45) is 0 Å². The second kappa shape index (κ2) is 7.17. The smallest absolute Gasteiger partial charge is 0.255 e. The Hall–Kier alpha value is -3.04. The first-order valence-electron chi connectivity index (χ1n) is 8.45. The molecule has 1 atom stereocenters. The van der Waals surface area contributed by atoms with Gasteiger partial charge in [-0.2, -0.15) is 0 Å². The van der Waals surface area contributed by atoms with Crippen LogP contribution in [0.25, 0.3) is 28.1 Å². The van der Waals surface area contributed by atoms with Gasteiger partial charge in [0.05, 0.1) is 23.9 Å². The third kappa shape index (κ3) is 3.19. The third-order valence-electron chi connectivity index (χ3n) is 4.22. The Morgan fingerprint density at radius 2 is 2.25 bits per heavy atom. The Morgan fingerprint density at radius 3 is 3.04 bits per heavy atom. The summed E-state index contributed by atoms with van der Waals surface area (Å²) >= 11 is 6.12. The lowest BCUT2D eigenvalue weighted by Gasteiger charge is -2.11. The summed E-state index contributed by atoms with van der Waals surface area (Å²) in [5, 5.41) is 2.94. The number of methoxy groups -OCH3 is 1. The number of carbonyl (C=O) groups excluding carboxylic acids is 1. The summed E-state index contributed by atoms with van der Waals surface area (Å²) in [6, 6.07) is 2.71. The predicted molar refractivity (Wildman–Crippen MR) is 102 cm³/mol. The summed E-state index contributed by atoms with van der Waals surface area (Å²) in [5.41, 5.74) is 2.66. The van der Waals surface area contributed by atoms with E-state index in [0.717, 1.165) is 0 Å². The van der Waals surface area contributed by atoms with Crippen LogP contribution >= 0.6 is 11.6 Å². The van der Waals surface area contributed by atoms with E-state index in [9.17, 15) is 9.18 Å². The lowest BCUT2D eigenvalue weighted by Crippen LogP contribution is -2.35. The molecule has 2 N–H and O–H groups in total. The number of nitrogens with one attached hydrogen (secondary N) is 2. The highest BCUT2D eigenvalue weighted by Gasteiger charge is 2.19. The fourth-order valence-electron chi connectivity index (χ4n) is 2.98. The van der Waals surface area contributed by atoms with Crippen molar-refractivity contribution < 1.29 is 13.9 Å². The molecule has 1 amide bonds. The molecule has 0 spiro atoms. The minimum absolute atomic E-state index is 0.104. The first kappa shape index (κ1) is 18.3. The zero-order valence-corrected chi connectivity index (χ0v) is 15.8. The van der Waals surface area contributed by atoms with Crippen LogP contribution in [0, 0.1) is 5.82 Å². The molecule has 0 aliphatic heterocycles. The molecule has 4 heterocycles. The number of halogens is 2. The fraction of sp³-hybridized carbons (Fsp3) is 0.222. The van der Waals surface area contributed by atoms with Crippen molar-refractivity contribution in [3.05, 3.63) is 47.4 Å². The number of pyridine rings is 1. The second-order valence-electron chi connectivity index (χ2n) is 6.32. The number of hydrogen-bond acceptors (Lipinski definition) is 5. The standard InChI is InChI=1S/C18H16ClFN6O2/c1-9(8-28-2)23-17(27)11-5-21-16-14(11)24-12(6-22-16)15-13-4-3-10(20)7-26(13)18(19)25-15/h3-7,9H,8H2,1-2H3,(H,21,22)(H,23,27)/t9-/m0/s1. The van der Waals surface area contributed by atoms with Gasteiger partial charge in [0.1, 0.15) is 22.7 Å². The molecule has 0 radical (unpaired) electrons. The van der Waals surface area contributed by atoms with Gasteiger partial charge in [-0.15, -0.1) is 0 Å². The van der Waals surface area contributed by atoms with E-state index in [0.29, 0.717) is 40.2 Å². The number of ether oxygens (including phenoxy) is 1. The van der Waals surface area contributed by atoms with Crippen LogP contribution in [0.15, 0.2) is 30.7 Å². The molecule has 4 aromatic heterocycles.